The first-order valence-electron chi connectivity index (χ1n) is 10.0. The molecule has 2 aromatic heterocycles. The van der Waals surface area contributed by atoms with Crippen LogP contribution in [0.1, 0.15) is 46.3 Å². The third kappa shape index (κ3) is 3.14. The highest BCUT2D eigenvalue weighted by Crippen LogP contribution is 2.37. The van der Waals surface area contributed by atoms with Crippen molar-refractivity contribution >= 4 is 22.9 Å². The maximum atomic E-state index is 13.4. The van der Waals surface area contributed by atoms with Gasteiger partial charge in [-0.25, -0.2) is 4.98 Å². The van der Waals surface area contributed by atoms with Gasteiger partial charge >= 0.3 is 0 Å². The fraction of sp³-hybridized carbons (Fsp3) is 0.364. The van der Waals surface area contributed by atoms with Gasteiger partial charge in [0.05, 0.1) is 11.7 Å². The summed E-state index contributed by atoms with van der Waals surface area (Å²) in [5.74, 6) is 0.0545. The highest BCUT2D eigenvalue weighted by atomic mass is 32.1. The predicted octanol–water partition coefficient (Wildman–Crippen LogP) is 4.30. The standard InChI is InChI=1S/C22H24N4O2S/c1-14-12-18(15(2)26(14)22-23-9-11-29-22)20-24-19-8-4-3-7-17(19)21(27)25(20)13-16-6-5-10-28-16/h3-4,7-9,11-12,16,20,24H,5-6,10,13H2,1-2H3. The number of hydrogen-bond donors (Lipinski definition) is 1. The highest BCUT2D eigenvalue weighted by molar-refractivity contribution is 7.12. The molecule has 3 aromatic rings. The summed E-state index contributed by atoms with van der Waals surface area (Å²) in [5.41, 5.74) is 4.90. The van der Waals surface area contributed by atoms with Crippen LogP contribution in [0.2, 0.25) is 0 Å². The summed E-state index contributed by atoms with van der Waals surface area (Å²) in [4.78, 5) is 19.9. The van der Waals surface area contributed by atoms with Crippen LogP contribution in [0.4, 0.5) is 5.69 Å². The zero-order valence-electron chi connectivity index (χ0n) is 16.6. The Morgan fingerprint density at radius 1 is 1.31 bits per heavy atom. The van der Waals surface area contributed by atoms with Crippen molar-refractivity contribution in [3.63, 3.8) is 0 Å². The van der Waals surface area contributed by atoms with E-state index in [1.807, 2.05) is 40.7 Å². The van der Waals surface area contributed by atoms with Crippen molar-refractivity contribution in [3.05, 3.63) is 64.4 Å². The lowest BCUT2D eigenvalue weighted by atomic mass is 10.0. The molecule has 2 unspecified atom stereocenters. The summed E-state index contributed by atoms with van der Waals surface area (Å²) in [6.07, 6.45) is 3.73. The number of rotatable bonds is 4. The third-order valence-electron chi connectivity index (χ3n) is 5.82. The molecule has 2 aliphatic rings. The molecule has 1 N–H and O–H groups in total. The van der Waals surface area contributed by atoms with Gasteiger partial charge in [-0.1, -0.05) is 12.1 Å². The molecular formula is C22H24N4O2S. The number of carbonyl (C=O) groups excluding carboxylic acids is 1. The number of anilines is 1. The number of nitrogens with one attached hydrogen (secondary N) is 1. The van der Waals surface area contributed by atoms with Crippen LogP contribution in [-0.2, 0) is 4.74 Å². The van der Waals surface area contributed by atoms with Gasteiger partial charge in [-0.2, -0.15) is 0 Å². The van der Waals surface area contributed by atoms with Crippen LogP contribution in [0, 0.1) is 13.8 Å². The largest absolute Gasteiger partial charge is 0.376 e. The molecule has 0 saturated carbocycles. The number of thiazole rings is 1. The van der Waals surface area contributed by atoms with E-state index in [4.69, 9.17) is 4.74 Å². The Kier molecular flexibility index (Phi) is 4.64. The minimum absolute atomic E-state index is 0.0545. The molecule has 0 aliphatic carbocycles. The summed E-state index contributed by atoms with van der Waals surface area (Å²) < 4.78 is 8.02. The minimum Gasteiger partial charge on any atom is -0.376 e. The molecule has 1 fully saturated rings. The molecule has 29 heavy (non-hydrogen) atoms. The first-order valence-corrected chi connectivity index (χ1v) is 10.9. The molecule has 4 heterocycles. The Labute approximate surface area is 174 Å². The minimum atomic E-state index is -0.235. The fourth-order valence-corrected chi connectivity index (χ4v) is 5.17. The summed E-state index contributed by atoms with van der Waals surface area (Å²) in [5, 5.41) is 6.54. The zero-order valence-corrected chi connectivity index (χ0v) is 17.4. The highest BCUT2D eigenvalue weighted by Gasteiger charge is 2.36. The van der Waals surface area contributed by atoms with Crippen LogP contribution in [0.25, 0.3) is 5.13 Å². The van der Waals surface area contributed by atoms with Crippen LogP contribution in [0.15, 0.2) is 41.9 Å². The summed E-state index contributed by atoms with van der Waals surface area (Å²) in [7, 11) is 0. The average Bonchev–Trinajstić information content (AvgIpc) is 3.47. The second-order valence-corrected chi connectivity index (χ2v) is 8.53. The van der Waals surface area contributed by atoms with Crippen LogP contribution in [0.3, 0.4) is 0 Å². The van der Waals surface area contributed by atoms with Crippen molar-refractivity contribution in [2.75, 3.05) is 18.5 Å². The Hall–Kier alpha value is -2.64. The van der Waals surface area contributed by atoms with Gasteiger partial charge in [-0.15, -0.1) is 11.3 Å². The number of fused-ring (bicyclic) bond motifs is 1. The molecule has 1 amide bonds. The first kappa shape index (κ1) is 18.4. The van der Waals surface area contributed by atoms with Crippen LogP contribution >= 0.6 is 11.3 Å². The molecule has 0 radical (unpaired) electrons. The smallest absolute Gasteiger partial charge is 0.257 e. The molecule has 7 heteroatoms. The number of aromatic nitrogens is 2. The molecule has 0 spiro atoms. The molecule has 0 bridgehead atoms. The van der Waals surface area contributed by atoms with Crippen molar-refractivity contribution in [1.29, 1.82) is 0 Å². The lowest BCUT2D eigenvalue weighted by molar-refractivity contribution is 0.0426. The monoisotopic (exact) mass is 408 g/mol. The number of hydrogen-bond acceptors (Lipinski definition) is 5. The molecule has 2 aliphatic heterocycles. The third-order valence-corrected chi connectivity index (χ3v) is 6.58. The second-order valence-electron chi connectivity index (χ2n) is 7.66. The van der Waals surface area contributed by atoms with E-state index in [1.54, 1.807) is 11.3 Å². The van der Waals surface area contributed by atoms with Crippen molar-refractivity contribution in [2.45, 2.75) is 39.0 Å². The van der Waals surface area contributed by atoms with Crippen LogP contribution in [0.5, 0.6) is 0 Å². The SMILES string of the molecule is Cc1cc(C2Nc3ccccc3C(=O)N2CC2CCCO2)c(C)n1-c1nccs1. The van der Waals surface area contributed by atoms with E-state index in [-0.39, 0.29) is 18.2 Å². The van der Waals surface area contributed by atoms with Crippen molar-refractivity contribution in [3.8, 4) is 5.13 Å². The van der Waals surface area contributed by atoms with Crippen LogP contribution in [-0.4, -0.2) is 39.6 Å². The van der Waals surface area contributed by atoms with Gasteiger partial charge in [-0.05, 0) is 44.9 Å². The van der Waals surface area contributed by atoms with Crippen LogP contribution < -0.4 is 5.32 Å². The second kappa shape index (κ2) is 7.31. The number of ether oxygens (including phenoxy) is 1. The summed E-state index contributed by atoms with van der Waals surface area (Å²) in [6.45, 7) is 5.55. The van der Waals surface area contributed by atoms with E-state index >= 15 is 0 Å². The number of benzene rings is 1. The van der Waals surface area contributed by atoms with E-state index in [0.717, 1.165) is 52.8 Å². The number of para-hydroxylation sites is 1. The normalized spacial score (nSPS) is 21.3. The lowest BCUT2D eigenvalue weighted by Gasteiger charge is -2.39. The van der Waals surface area contributed by atoms with Crippen molar-refractivity contribution in [1.82, 2.24) is 14.5 Å². The van der Waals surface area contributed by atoms with Gasteiger partial charge < -0.3 is 15.0 Å². The van der Waals surface area contributed by atoms with E-state index in [2.05, 4.69) is 34.8 Å². The number of carbonyl (C=O) groups is 1. The molecular weight excluding hydrogens is 384 g/mol. The van der Waals surface area contributed by atoms with Gasteiger partial charge in [0.25, 0.3) is 5.91 Å². The molecule has 1 aromatic carbocycles. The quantitative estimate of drug-likeness (QED) is 0.699. The van der Waals surface area contributed by atoms with Gasteiger partial charge in [0.15, 0.2) is 5.13 Å². The van der Waals surface area contributed by atoms with Crippen molar-refractivity contribution < 1.29 is 9.53 Å². The van der Waals surface area contributed by atoms with Gasteiger partial charge in [0.2, 0.25) is 0 Å². The van der Waals surface area contributed by atoms with E-state index in [9.17, 15) is 4.79 Å². The molecule has 6 nitrogen and oxygen atoms in total. The maximum Gasteiger partial charge on any atom is 0.257 e. The Balaban J connectivity index is 1.58. The molecule has 150 valence electrons. The Morgan fingerprint density at radius 2 is 2.17 bits per heavy atom. The Morgan fingerprint density at radius 3 is 2.93 bits per heavy atom. The fourth-order valence-electron chi connectivity index (χ4n) is 4.42. The average molecular weight is 409 g/mol. The topological polar surface area (TPSA) is 59.4 Å². The van der Waals surface area contributed by atoms with Gasteiger partial charge in [0, 0.05) is 47.4 Å². The lowest BCUT2D eigenvalue weighted by Crippen LogP contribution is -2.46. The van der Waals surface area contributed by atoms with Crippen molar-refractivity contribution in [2.24, 2.45) is 0 Å². The van der Waals surface area contributed by atoms with Gasteiger partial charge in [0.1, 0.15) is 6.17 Å². The predicted molar refractivity (Wildman–Crippen MR) is 114 cm³/mol. The number of nitrogens with zero attached hydrogens (tertiary/aromatic N) is 3. The summed E-state index contributed by atoms with van der Waals surface area (Å²) >= 11 is 1.61. The van der Waals surface area contributed by atoms with E-state index in [1.165, 1.54) is 0 Å². The number of aryl methyl sites for hydroxylation is 1. The van der Waals surface area contributed by atoms with E-state index in [0.29, 0.717) is 6.54 Å². The zero-order chi connectivity index (χ0) is 20.0. The maximum absolute atomic E-state index is 13.4. The Bertz CT molecular complexity index is 1040. The molecule has 1 saturated heterocycles. The van der Waals surface area contributed by atoms with E-state index < -0.39 is 0 Å². The first-order chi connectivity index (χ1) is 14.1. The van der Waals surface area contributed by atoms with Gasteiger partial charge in [-0.3, -0.25) is 9.36 Å². The summed E-state index contributed by atoms with van der Waals surface area (Å²) in [6, 6.07) is 9.91. The molecule has 2 atom stereocenters. The molecule has 5 rings (SSSR count). The number of amides is 1.